The van der Waals surface area contributed by atoms with E-state index in [9.17, 15) is 8.78 Å². The molecule has 0 unspecified atom stereocenters. The van der Waals surface area contributed by atoms with Crippen molar-refractivity contribution in [2.45, 2.75) is 19.6 Å². The van der Waals surface area contributed by atoms with E-state index in [1.807, 2.05) is 19.6 Å². The van der Waals surface area contributed by atoms with Crippen molar-refractivity contribution in [2.75, 3.05) is 0 Å². The quantitative estimate of drug-likeness (QED) is 0.638. The van der Waals surface area contributed by atoms with Gasteiger partial charge in [0.05, 0.1) is 8.07 Å². The summed E-state index contributed by atoms with van der Waals surface area (Å²) in [6.45, 7) is 5.90. The van der Waals surface area contributed by atoms with E-state index >= 15 is 0 Å². The molecule has 0 nitrogen and oxygen atoms in total. The molecule has 1 aromatic rings. The molecule has 0 aliphatic rings. The summed E-state index contributed by atoms with van der Waals surface area (Å²) in [5.41, 5.74) is 0. The Balaban J connectivity index is 3.38. The summed E-state index contributed by atoms with van der Waals surface area (Å²) in [6.07, 6.45) is 0. The topological polar surface area (TPSA) is 0 Å². The highest BCUT2D eigenvalue weighted by Crippen LogP contribution is 2.16. The smallest absolute Gasteiger partial charge is 0.127 e. The van der Waals surface area contributed by atoms with E-state index in [0.717, 1.165) is 12.1 Å². The van der Waals surface area contributed by atoms with E-state index in [2.05, 4.69) is 0 Å². The summed E-state index contributed by atoms with van der Waals surface area (Å²) in [4.78, 5) is 0. The lowest BCUT2D eigenvalue weighted by molar-refractivity contribution is 0.588. The maximum atomic E-state index is 13.3. The number of hydrogen-bond acceptors (Lipinski definition) is 0. The van der Waals surface area contributed by atoms with Gasteiger partial charge < -0.3 is 0 Å². The fraction of sp³-hybridized carbons (Fsp3) is 0.333. The number of benzene rings is 1. The molecule has 0 saturated heterocycles. The minimum absolute atomic E-state index is 0.205. The summed E-state index contributed by atoms with van der Waals surface area (Å²) in [6, 6.07) is 2.05. The van der Waals surface area contributed by atoms with E-state index in [0.29, 0.717) is 5.19 Å². The first kappa shape index (κ1) is 10.7. The van der Waals surface area contributed by atoms with Gasteiger partial charge in [0.15, 0.2) is 0 Å². The van der Waals surface area contributed by atoms with Crippen LogP contribution in [0, 0.1) is 11.6 Å². The first-order valence-electron chi connectivity index (χ1n) is 3.97. The average Bonchev–Trinajstić information content (AvgIpc) is 1.78. The maximum absolute atomic E-state index is 13.3. The Bertz CT molecular complexity index is 308. The molecule has 0 atom stereocenters. The second-order valence-electron chi connectivity index (χ2n) is 3.99. The molecule has 0 bridgehead atoms. The van der Waals surface area contributed by atoms with E-state index in [-0.39, 0.29) is 5.02 Å². The molecular formula is C9H11ClF2Si. The summed E-state index contributed by atoms with van der Waals surface area (Å²) in [5, 5.41) is 0.701. The Morgan fingerprint density at radius 3 is 2.08 bits per heavy atom. The molecule has 13 heavy (non-hydrogen) atoms. The van der Waals surface area contributed by atoms with Crippen molar-refractivity contribution in [2.24, 2.45) is 0 Å². The second-order valence-corrected chi connectivity index (χ2v) is 9.40. The molecule has 72 valence electrons. The van der Waals surface area contributed by atoms with Crippen molar-refractivity contribution in [3.8, 4) is 0 Å². The van der Waals surface area contributed by atoms with Crippen LogP contribution in [-0.2, 0) is 0 Å². The highest BCUT2D eigenvalue weighted by atomic mass is 35.5. The van der Waals surface area contributed by atoms with Crippen molar-refractivity contribution >= 4 is 24.9 Å². The Kier molecular flexibility index (Phi) is 2.78. The van der Waals surface area contributed by atoms with Crippen molar-refractivity contribution in [1.29, 1.82) is 0 Å². The van der Waals surface area contributed by atoms with Crippen molar-refractivity contribution in [3.05, 3.63) is 28.8 Å². The predicted molar refractivity (Wildman–Crippen MR) is 54.3 cm³/mol. The maximum Gasteiger partial charge on any atom is 0.127 e. The number of halogens is 3. The van der Waals surface area contributed by atoms with Gasteiger partial charge >= 0.3 is 0 Å². The van der Waals surface area contributed by atoms with Crippen LogP contribution in [0.15, 0.2) is 12.1 Å². The second kappa shape index (κ2) is 3.39. The largest absolute Gasteiger partial charge is 0.207 e. The zero-order chi connectivity index (χ0) is 10.2. The highest BCUT2D eigenvalue weighted by molar-refractivity contribution is 6.90. The zero-order valence-electron chi connectivity index (χ0n) is 7.79. The van der Waals surface area contributed by atoms with Gasteiger partial charge in [-0.25, -0.2) is 8.78 Å². The van der Waals surface area contributed by atoms with Gasteiger partial charge in [-0.3, -0.25) is 0 Å². The molecule has 0 spiro atoms. The van der Waals surface area contributed by atoms with Crippen LogP contribution in [0.25, 0.3) is 0 Å². The van der Waals surface area contributed by atoms with Crippen LogP contribution in [0.2, 0.25) is 24.7 Å². The third-order valence-electron chi connectivity index (χ3n) is 1.76. The molecule has 0 aliphatic carbocycles. The molecule has 0 N–H and O–H groups in total. The van der Waals surface area contributed by atoms with Crippen LogP contribution < -0.4 is 5.19 Å². The summed E-state index contributed by atoms with van der Waals surface area (Å²) in [7, 11) is -1.82. The van der Waals surface area contributed by atoms with Crippen LogP contribution in [0.5, 0.6) is 0 Å². The lowest BCUT2D eigenvalue weighted by atomic mass is 10.3. The van der Waals surface area contributed by atoms with E-state index < -0.39 is 19.7 Å². The Morgan fingerprint density at radius 1 is 1.15 bits per heavy atom. The first-order valence-corrected chi connectivity index (χ1v) is 7.85. The normalized spacial score (nSPS) is 11.8. The van der Waals surface area contributed by atoms with Gasteiger partial charge in [-0.15, -0.1) is 0 Å². The lowest BCUT2D eigenvalue weighted by Gasteiger charge is -2.18. The fourth-order valence-corrected chi connectivity index (χ4v) is 3.88. The van der Waals surface area contributed by atoms with E-state index in [1.165, 1.54) is 0 Å². The van der Waals surface area contributed by atoms with Crippen LogP contribution in [-0.4, -0.2) is 8.07 Å². The standard InChI is InChI=1S/C9H11ClF2Si/c1-13(2,3)9-7(10)4-6(11)5-8(9)12/h4-5H,1-3H3. The zero-order valence-corrected chi connectivity index (χ0v) is 9.54. The highest BCUT2D eigenvalue weighted by Gasteiger charge is 2.24. The molecule has 0 radical (unpaired) electrons. The van der Waals surface area contributed by atoms with Gasteiger partial charge in [0, 0.05) is 11.1 Å². The van der Waals surface area contributed by atoms with Crippen molar-refractivity contribution in [3.63, 3.8) is 0 Å². The number of rotatable bonds is 1. The first-order chi connectivity index (χ1) is 5.82. The van der Waals surface area contributed by atoms with Gasteiger partial charge in [-0.2, -0.15) is 0 Å². The minimum Gasteiger partial charge on any atom is -0.207 e. The van der Waals surface area contributed by atoms with Gasteiger partial charge in [-0.1, -0.05) is 31.2 Å². The average molecular weight is 221 g/mol. The molecule has 4 heteroatoms. The summed E-state index contributed by atoms with van der Waals surface area (Å²) in [5.74, 6) is -1.14. The Labute approximate surface area is 82.5 Å². The van der Waals surface area contributed by atoms with E-state index in [4.69, 9.17) is 11.6 Å². The Hall–Kier alpha value is -0.413. The molecule has 0 fully saturated rings. The molecular weight excluding hydrogens is 210 g/mol. The van der Waals surface area contributed by atoms with E-state index in [1.54, 1.807) is 0 Å². The minimum atomic E-state index is -1.82. The van der Waals surface area contributed by atoms with Crippen molar-refractivity contribution < 1.29 is 8.78 Å². The van der Waals surface area contributed by atoms with Gasteiger partial charge in [0.25, 0.3) is 0 Å². The SMILES string of the molecule is C[Si](C)(C)c1c(F)cc(F)cc1Cl. The van der Waals surface area contributed by atoms with Gasteiger partial charge in [0.1, 0.15) is 11.6 Å². The van der Waals surface area contributed by atoms with Crippen LogP contribution >= 0.6 is 11.6 Å². The molecule has 1 aromatic carbocycles. The molecule has 0 saturated carbocycles. The molecule has 0 heterocycles. The molecule has 0 aromatic heterocycles. The van der Waals surface area contributed by atoms with Crippen LogP contribution in [0.4, 0.5) is 8.78 Å². The molecule has 0 aliphatic heterocycles. The van der Waals surface area contributed by atoms with Crippen molar-refractivity contribution in [1.82, 2.24) is 0 Å². The fourth-order valence-electron chi connectivity index (χ4n) is 1.26. The molecule has 0 amide bonds. The summed E-state index contributed by atoms with van der Waals surface area (Å²) < 4.78 is 26.0. The van der Waals surface area contributed by atoms with Gasteiger partial charge in [0.2, 0.25) is 0 Å². The third-order valence-corrected chi connectivity index (χ3v) is 4.22. The predicted octanol–water partition coefficient (Wildman–Crippen LogP) is 3.16. The third kappa shape index (κ3) is 2.29. The Morgan fingerprint density at radius 2 is 1.69 bits per heavy atom. The monoisotopic (exact) mass is 220 g/mol. The van der Waals surface area contributed by atoms with Crippen LogP contribution in [0.1, 0.15) is 0 Å². The summed E-state index contributed by atoms with van der Waals surface area (Å²) >= 11 is 5.77. The number of hydrogen-bond donors (Lipinski definition) is 0. The van der Waals surface area contributed by atoms with Gasteiger partial charge in [-0.05, 0) is 11.3 Å². The lowest BCUT2D eigenvalue weighted by Crippen LogP contribution is -2.41. The molecule has 1 rings (SSSR count). The van der Waals surface area contributed by atoms with Crippen LogP contribution in [0.3, 0.4) is 0 Å².